The first-order chi connectivity index (χ1) is 11.2. The molecule has 2 aliphatic rings. The van der Waals surface area contributed by atoms with E-state index in [1.54, 1.807) is 6.07 Å². The fourth-order valence-corrected chi connectivity index (χ4v) is 3.68. The second-order valence-electron chi connectivity index (χ2n) is 6.51. The van der Waals surface area contributed by atoms with Crippen molar-refractivity contribution in [3.05, 3.63) is 52.9 Å². The second-order valence-corrected chi connectivity index (χ2v) is 6.51. The van der Waals surface area contributed by atoms with Gasteiger partial charge in [-0.2, -0.15) is 0 Å². The lowest BCUT2D eigenvalue weighted by Gasteiger charge is -2.33. The Morgan fingerprint density at radius 3 is 2.87 bits per heavy atom. The molecule has 1 aromatic carbocycles. The van der Waals surface area contributed by atoms with Gasteiger partial charge in [0.2, 0.25) is 0 Å². The molecule has 1 amide bonds. The number of nitrogens with zero attached hydrogens (tertiary/aromatic N) is 3. The van der Waals surface area contributed by atoms with Gasteiger partial charge >= 0.3 is 0 Å². The minimum atomic E-state index is -0.0123. The zero-order valence-corrected chi connectivity index (χ0v) is 13.4. The third-order valence-corrected chi connectivity index (χ3v) is 4.97. The first-order valence-electron chi connectivity index (χ1n) is 8.24. The summed E-state index contributed by atoms with van der Waals surface area (Å²) in [5.41, 5.74) is 3.32. The number of aryl methyl sites for hydroxylation is 1. The predicted molar refractivity (Wildman–Crippen MR) is 86.1 cm³/mol. The van der Waals surface area contributed by atoms with Gasteiger partial charge in [-0.05, 0) is 30.9 Å². The highest BCUT2D eigenvalue weighted by atomic mass is 16.5. The maximum Gasteiger partial charge on any atom is 0.276 e. The van der Waals surface area contributed by atoms with Gasteiger partial charge in [-0.25, -0.2) is 0 Å². The number of hydrogen-bond acceptors (Lipinski definition) is 4. The predicted octanol–water partition coefficient (Wildman–Crippen LogP) is 2.26. The average Bonchev–Trinajstić information content (AvgIpc) is 3.23. The van der Waals surface area contributed by atoms with Crippen LogP contribution in [0, 0.1) is 6.92 Å². The maximum absolute atomic E-state index is 12.5. The summed E-state index contributed by atoms with van der Waals surface area (Å²) in [7, 11) is 0. The molecule has 1 saturated heterocycles. The van der Waals surface area contributed by atoms with Gasteiger partial charge in [-0.3, -0.25) is 9.69 Å². The maximum atomic E-state index is 12.5. The Bertz CT molecular complexity index is 725. The smallest absolute Gasteiger partial charge is 0.276 e. The van der Waals surface area contributed by atoms with Crippen LogP contribution in [-0.4, -0.2) is 46.5 Å². The number of likely N-dealkylation sites (tertiary alicyclic amines) is 1. The Labute approximate surface area is 135 Å². The van der Waals surface area contributed by atoms with Crippen LogP contribution in [-0.2, 0) is 13.0 Å². The second kappa shape index (κ2) is 5.81. The summed E-state index contributed by atoms with van der Waals surface area (Å²) < 4.78 is 5.02. The van der Waals surface area contributed by atoms with Crippen molar-refractivity contribution in [2.24, 2.45) is 0 Å². The van der Waals surface area contributed by atoms with E-state index in [9.17, 15) is 4.79 Å². The molecular weight excluding hydrogens is 290 g/mol. The average molecular weight is 311 g/mol. The Morgan fingerprint density at radius 2 is 2.09 bits per heavy atom. The first-order valence-corrected chi connectivity index (χ1v) is 8.24. The lowest BCUT2D eigenvalue weighted by atomic mass is 9.98. The lowest BCUT2D eigenvalue weighted by molar-refractivity contribution is 0.0763. The van der Waals surface area contributed by atoms with E-state index in [1.165, 1.54) is 11.1 Å². The molecular formula is C18H21N3O2. The molecule has 0 N–H and O–H groups in total. The zero-order valence-electron chi connectivity index (χ0n) is 13.4. The van der Waals surface area contributed by atoms with Crippen molar-refractivity contribution in [2.45, 2.75) is 32.4 Å². The van der Waals surface area contributed by atoms with Gasteiger partial charge in [-0.15, -0.1) is 0 Å². The van der Waals surface area contributed by atoms with E-state index >= 15 is 0 Å². The van der Waals surface area contributed by atoms with Crippen LogP contribution in [0.5, 0.6) is 0 Å². The number of benzene rings is 1. The number of amides is 1. The summed E-state index contributed by atoms with van der Waals surface area (Å²) in [4.78, 5) is 16.9. The highest BCUT2D eigenvalue weighted by molar-refractivity contribution is 5.92. The van der Waals surface area contributed by atoms with Gasteiger partial charge in [-0.1, -0.05) is 29.4 Å². The molecule has 1 unspecified atom stereocenters. The first kappa shape index (κ1) is 14.5. The van der Waals surface area contributed by atoms with Crippen molar-refractivity contribution in [3.8, 4) is 0 Å². The van der Waals surface area contributed by atoms with Gasteiger partial charge in [0.15, 0.2) is 5.69 Å². The number of carbonyl (C=O) groups is 1. The molecule has 2 aliphatic heterocycles. The largest absolute Gasteiger partial charge is 0.361 e. The summed E-state index contributed by atoms with van der Waals surface area (Å²) in [6, 6.07) is 10.8. The summed E-state index contributed by atoms with van der Waals surface area (Å²) in [5.74, 6) is 0.665. The summed E-state index contributed by atoms with van der Waals surface area (Å²) in [6.45, 7) is 5.46. The van der Waals surface area contributed by atoms with Crippen molar-refractivity contribution in [2.75, 3.05) is 19.6 Å². The monoisotopic (exact) mass is 311 g/mol. The molecule has 23 heavy (non-hydrogen) atoms. The van der Waals surface area contributed by atoms with E-state index in [-0.39, 0.29) is 5.91 Å². The van der Waals surface area contributed by atoms with E-state index in [1.807, 2.05) is 11.8 Å². The lowest BCUT2D eigenvalue weighted by Crippen LogP contribution is -2.41. The van der Waals surface area contributed by atoms with Crippen LogP contribution < -0.4 is 0 Å². The summed E-state index contributed by atoms with van der Waals surface area (Å²) in [6.07, 6.45) is 2.13. The minimum Gasteiger partial charge on any atom is -0.361 e. The van der Waals surface area contributed by atoms with Crippen LogP contribution >= 0.6 is 0 Å². The van der Waals surface area contributed by atoms with Crippen LogP contribution in [0.3, 0.4) is 0 Å². The van der Waals surface area contributed by atoms with Gasteiger partial charge in [0.1, 0.15) is 5.76 Å². The quantitative estimate of drug-likeness (QED) is 0.853. The molecule has 0 spiro atoms. The molecule has 1 aromatic heterocycles. The van der Waals surface area contributed by atoms with Gasteiger partial charge < -0.3 is 9.42 Å². The molecule has 120 valence electrons. The van der Waals surface area contributed by atoms with Crippen molar-refractivity contribution in [1.82, 2.24) is 15.0 Å². The van der Waals surface area contributed by atoms with E-state index in [2.05, 4.69) is 34.3 Å². The highest BCUT2D eigenvalue weighted by Crippen LogP contribution is 2.25. The molecule has 0 saturated carbocycles. The molecule has 1 atom stereocenters. The van der Waals surface area contributed by atoms with Gasteiger partial charge in [0.25, 0.3) is 5.91 Å². The number of aromatic nitrogens is 1. The number of fused-ring (bicyclic) bond motifs is 1. The van der Waals surface area contributed by atoms with Gasteiger partial charge in [0.05, 0.1) is 0 Å². The summed E-state index contributed by atoms with van der Waals surface area (Å²) >= 11 is 0. The Morgan fingerprint density at radius 1 is 1.26 bits per heavy atom. The van der Waals surface area contributed by atoms with E-state index < -0.39 is 0 Å². The normalized spacial score (nSPS) is 21.4. The summed E-state index contributed by atoms with van der Waals surface area (Å²) in [5, 5.41) is 3.85. The van der Waals surface area contributed by atoms with Crippen LogP contribution in [0.25, 0.3) is 0 Å². The Balaban J connectivity index is 1.42. The fourth-order valence-electron chi connectivity index (χ4n) is 3.68. The van der Waals surface area contributed by atoms with Crippen molar-refractivity contribution in [1.29, 1.82) is 0 Å². The number of hydrogen-bond donors (Lipinski definition) is 0. The molecule has 2 aromatic rings. The third kappa shape index (κ3) is 2.77. The van der Waals surface area contributed by atoms with Crippen LogP contribution in [0.15, 0.2) is 34.9 Å². The molecule has 4 rings (SSSR count). The van der Waals surface area contributed by atoms with Crippen LogP contribution in [0.4, 0.5) is 0 Å². The number of rotatable bonds is 2. The third-order valence-electron chi connectivity index (χ3n) is 4.97. The van der Waals surface area contributed by atoms with E-state index in [0.717, 1.165) is 39.0 Å². The van der Waals surface area contributed by atoms with Crippen molar-refractivity contribution < 1.29 is 9.32 Å². The molecule has 1 fully saturated rings. The minimum absolute atomic E-state index is 0.0123. The van der Waals surface area contributed by atoms with Crippen molar-refractivity contribution in [3.63, 3.8) is 0 Å². The molecule has 5 nitrogen and oxygen atoms in total. The van der Waals surface area contributed by atoms with Gasteiger partial charge in [0, 0.05) is 38.3 Å². The Kier molecular flexibility index (Phi) is 3.65. The van der Waals surface area contributed by atoms with E-state index in [0.29, 0.717) is 17.5 Å². The zero-order chi connectivity index (χ0) is 15.8. The number of carbonyl (C=O) groups excluding carboxylic acids is 1. The highest BCUT2D eigenvalue weighted by Gasteiger charge is 2.33. The molecule has 0 bridgehead atoms. The molecule has 0 aliphatic carbocycles. The molecule has 5 heteroatoms. The molecule has 0 radical (unpaired) electrons. The molecule has 3 heterocycles. The van der Waals surface area contributed by atoms with Crippen LogP contribution in [0.1, 0.15) is 33.8 Å². The van der Waals surface area contributed by atoms with Crippen molar-refractivity contribution >= 4 is 5.91 Å². The van der Waals surface area contributed by atoms with Crippen LogP contribution in [0.2, 0.25) is 0 Å². The topological polar surface area (TPSA) is 49.6 Å². The fraction of sp³-hybridized carbons (Fsp3) is 0.444. The Hall–Kier alpha value is -2.14. The standard InChI is InChI=1S/C18H21N3O2/c1-13-10-17(19-23-13)18(22)21-9-7-16(12-21)20-8-6-14-4-2-3-5-15(14)11-20/h2-5,10,16H,6-9,11-12H2,1H3. The van der Waals surface area contributed by atoms with E-state index in [4.69, 9.17) is 4.52 Å². The SMILES string of the molecule is Cc1cc(C(=O)N2CCC(N3CCc4ccccc4C3)C2)no1.